The van der Waals surface area contributed by atoms with Gasteiger partial charge in [0.05, 0.1) is 6.07 Å². The van der Waals surface area contributed by atoms with E-state index in [1.54, 1.807) is 17.0 Å². The molecule has 0 fully saturated rings. The Hall–Kier alpha value is -2.31. The zero-order valence-electron chi connectivity index (χ0n) is 12.4. The predicted molar refractivity (Wildman–Crippen MR) is 88.7 cm³/mol. The van der Waals surface area contributed by atoms with Crippen LogP contribution >= 0.6 is 11.6 Å². The van der Waals surface area contributed by atoms with Crippen molar-refractivity contribution in [2.45, 2.75) is 13.3 Å². The lowest BCUT2D eigenvalue weighted by Gasteiger charge is -2.23. The van der Waals surface area contributed by atoms with Crippen molar-refractivity contribution in [2.75, 3.05) is 11.4 Å². The van der Waals surface area contributed by atoms with Gasteiger partial charge in [0.1, 0.15) is 5.92 Å². The molecule has 22 heavy (non-hydrogen) atoms. The van der Waals surface area contributed by atoms with Gasteiger partial charge in [-0.3, -0.25) is 4.79 Å². The average molecular weight is 313 g/mol. The van der Waals surface area contributed by atoms with Crippen molar-refractivity contribution in [3.8, 4) is 6.07 Å². The van der Waals surface area contributed by atoms with Gasteiger partial charge in [0.25, 0.3) is 0 Å². The number of carbonyl (C=O) groups is 1. The van der Waals surface area contributed by atoms with E-state index in [9.17, 15) is 10.1 Å². The van der Waals surface area contributed by atoms with Crippen LogP contribution in [0.5, 0.6) is 0 Å². The van der Waals surface area contributed by atoms with E-state index in [1.807, 2.05) is 49.4 Å². The first kappa shape index (κ1) is 16.1. The second-order valence-corrected chi connectivity index (χ2v) is 5.37. The van der Waals surface area contributed by atoms with E-state index in [2.05, 4.69) is 6.07 Å². The topological polar surface area (TPSA) is 44.1 Å². The number of hydrogen-bond donors (Lipinski definition) is 0. The number of rotatable bonds is 5. The SMILES string of the molecule is CCN(C(=O)C(C#N)Cc1cccc(Cl)c1)c1ccccc1. The summed E-state index contributed by atoms with van der Waals surface area (Å²) in [5.74, 6) is -0.908. The number of nitriles is 1. The summed E-state index contributed by atoms with van der Waals surface area (Å²) in [7, 11) is 0. The lowest BCUT2D eigenvalue weighted by molar-refractivity contribution is -0.120. The quantitative estimate of drug-likeness (QED) is 0.835. The molecule has 0 aromatic heterocycles. The molecule has 0 aliphatic carbocycles. The first-order chi connectivity index (χ1) is 10.7. The molecule has 4 heteroatoms. The first-order valence-corrected chi connectivity index (χ1v) is 7.54. The van der Waals surface area contributed by atoms with Crippen LogP contribution in [-0.4, -0.2) is 12.5 Å². The summed E-state index contributed by atoms with van der Waals surface area (Å²) in [6, 6.07) is 18.8. The maximum Gasteiger partial charge on any atom is 0.244 e. The van der Waals surface area contributed by atoms with Gasteiger partial charge in [-0.25, -0.2) is 0 Å². The summed E-state index contributed by atoms with van der Waals surface area (Å²) >= 11 is 5.96. The van der Waals surface area contributed by atoms with Crippen LogP contribution < -0.4 is 4.90 Å². The Morgan fingerprint density at radius 2 is 1.95 bits per heavy atom. The van der Waals surface area contributed by atoms with Crippen molar-refractivity contribution in [3.63, 3.8) is 0 Å². The average Bonchev–Trinajstić information content (AvgIpc) is 2.54. The molecule has 2 rings (SSSR count). The van der Waals surface area contributed by atoms with Gasteiger partial charge >= 0.3 is 0 Å². The summed E-state index contributed by atoms with van der Waals surface area (Å²) in [5.41, 5.74) is 1.69. The van der Waals surface area contributed by atoms with E-state index in [0.717, 1.165) is 11.3 Å². The third-order valence-corrected chi connectivity index (χ3v) is 3.67. The van der Waals surface area contributed by atoms with Gasteiger partial charge in [-0.05, 0) is 43.2 Å². The summed E-state index contributed by atoms with van der Waals surface area (Å²) in [4.78, 5) is 14.3. The van der Waals surface area contributed by atoms with Crippen LogP contribution in [0.1, 0.15) is 12.5 Å². The van der Waals surface area contributed by atoms with E-state index >= 15 is 0 Å². The molecule has 1 unspecified atom stereocenters. The predicted octanol–water partition coefficient (Wildman–Crippen LogP) is 4.08. The van der Waals surface area contributed by atoms with Crippen molar-refractivity contribution in [1.82, 2.24) is 0 Å². The number of benzene rings is 2. The molecule has 0 spiro atoms. The van der Waals surface area contributed by atoms with E-state index < -0.39 is 5.92 Å². The Morgan fingerprint density at radius 1 is 1.23 bits per heavy atom. The number of hydrogen-bond acceptors (Lipinski definition) is 2. The number of amides is 1. The van der Waals surface area contributed by atoms with Gasteiger partial charge < -0.3 is 4.90 Å². The van der Waals surface area contributed by atoms with Crippen LogP contribution in [0.15, 0.2) is 54.6 Å². The maximum atomic E-state index is 12.7. The van der Waals surface area contributed by atoms with Crippen LogP contribution in [0.4, 0.5) is 5.69 Å². The molecule has 0 aliphatic rings. The molecule has 0 heterocycles. The molecule has 0 aliphatic heterocycles. The van der Waals surface area contributed by atoms with Crippen LogP contribution in [0, 0.1) is 17.2 Å². The number of para-hydroxylation sites is 1. The Morgan fingerprint density at radius 3 is 2.55 bits per heavy atom. The van der Waals surface area contributed by atoms with Crippen LogP contribution in [0.25, 0.3) is 0 Å². The van der Waals surface area contributed by atoms with Gasteiger partial charge in [0.15, 0.2) is 0 Å². The largest absolute Gasteiger partial charge is 0.312 e. The van der Waals surface area contributed by atoms with Gasteiger partial charge in [0, 0.05) is 17.3 Å². The smallest absolute Gasteiger partial charge is 0.244 e. The minimum Gasteiger partial charge on any atom is -0.312 e. The monoisotopic (exact) mass is 312 g/mol. The molecular formula is C18H17ClN2O. The molecule has 2 aromatic carbocycles. The number of anilines is 1. The highest BCUT2D eigenvalue weighted by atomic mass is 35.5. The Kier molecular flexibility index (Phi) is 5.57. The fraction of sp³-hybridized carbons (Fsp3) is 0.222. The Labute approximate surface area is 135 Å². The van der Waals surface area contributed by atoms with Crippen molar-refractivity contribution in [3.05, 3.63) is 65.2 Å². The van der Waals surface area contributed by atoms with Gasteiger partial charge in [-0.1, -0.05) is 41.9 Å². The van der Waals surface area contributed by atoms with Crippen LogP contribution in [0.3, 0.4) is 0 Å². The molecule has 0 saturated carbocycles. The maximum absolute atomic E-state index is 12.7. The van der Waals surface area contributed by atoms with Gasteiger partial charge in [-0.2, -0.15) is 5.26 Å². The lowest BCUT2D eigenvalue weighted by atomic mass is 9.99. The number of carbonyl (C=O) groups excluding carboxylic acids is 1. The molecule has 2 aromatic rings. The normalized spacial score (nSPS) is 11.5. The van der Waals surface area contributed by atoms with Gasteiger partial charge in [-0.15, -0.1) is 0 Å². The number of nitrogens with zero attached hydrogens (tertiary/aromatic N) is 2. The number of halogens is 1. The third-order valence-electron chi connectivity index (χ3n) is 3.43. The second kappa shape index (κ2) is 7.63. The minimum atomic E-state index is -0.723. The molecule has 0 radical (unpaired) electrons. The van der Waals surface area contributed by atoms with Crippen molar-refractivity contribution >= 4 is 23.2 Å². The van der Waals surface area contributed by atoms with Crippen LogP contribution in [0.2, 0.25) is 5.02 Å². The summed E-state index contributed by atoms with van der Waals surface area (Å²) in [5, 5.41) is 10.00. The highest BCUT2D eigenvalue weighted by Gasteiger charge is 2.24. The fourth-order valence-corrected chi connectivity index (χ4v) is 2.56. The zero-order valence-corrected chi connectivity index (χ0v) is 13.1. The van der Waals surface area contributed by atoms with E-state index in [4.69, 9.17) is 11.6 Å². The molecule has 1 atom stereocenters. The van der Waals surface area contributed by atoms with Gasteiger partial charge in [0.2, 0.25) is 5.91 Å². The first-order valence-electron chi connectivity index (χ1n) is 7.16. The lowest BCUT2D eigenvalue weighted by Crippen LogP contribution is -2.36. The molecule has 1 amide bonds. The second-order valence-electron chi connectivity index (χ2n) is 4.93. The van der Waals surface area contributed by atoms with E-state index in [-0.39, 0.29) is 5.91 Å². The van der Waals surface area contributed by atoms with Crippen molar-refractivity contribution < 1.29 is 4.79 Å². The summed E-state index contributed by atoms with van der Waals surface area (Å²) < 4.78 is 0. The molecule has 0 bridgehead atoms. The molecule has 112 valence electrons. The van der Waals surface area contributed by atoms with E-state index in [1.165, 1.54) is 0 Å². The third kappa shape index (κ3) is 3.87. The molecule has 3 nitrogen and oxygen atoms in total. The van der Waals surface area contributed by atoms with Crippen molar-refractivity contribution in [1.29, 1.82) is 5.26 Å². The summed E-state index contributed by atoms with van der Waals surface area (Å²) in [6.07, 6.45) is 0.360. The molecule has 0 saturated heterocycles. The molecule has 0 N–H and O–H groups in total. The van der Waals surface area contributed by atoms with Crippen LogP contribution in [-0.2, 0) is 11.2 Å². The fourth-order valence-electron chi connectivity index (χ4n) is 2.35. The summed E-state index contributed by atoms with van der Waals surface area (Å²) in [6.45, 7) is 2.43. The Balaban J connectivity index is 2.19. The minimum absolute atomic E-state index is 0.184. The molecular weight excluding hydrogens is 296 g/mol. The zero-order chi connectivity index (χ0) is 15.9. The Bertz CT molecular complexity index is 679. The van der Waals surface area contributed by atoms with E-state index in [0.29, 0.717) is 18.0 Å². The highest BCUT2D eigenvalue weighted by molar-refractivity contribution is 6.30. The highest BCUT2D eigenvalue weighted by Crippen LogP contribution is 2.20. The standard InChI is InChI=1S/C18H17ClN2O/c1-2-21(17-9-4-3-5-10-17)18(22)15(13-20)11-14-7-6-8-16(19)12-14/h3-10,12,15H,2,11H2,1H3. The van der Waals surface area contributed by atoms with Crippen molar-refractivity contribution in [2.24, 2.45) is 5.92 Å².